The van der Waals surface area contributed by atoms with Gasteiger partial charge in [0.15, 0.2) is 6.10 Å². The number of hydrogen-bond donors (Lipinski definition) is 4. The molecule has 0 rings (SSSR count). The van der Waals surface area contributed by atoms with Gasteiger partial charge < -0.3 is 34.2 Å². The van der Waals surface area contributed by atoms with Gasteiger partial charge in [0.05, 0.1) is 26.4 Å². The van der Waals surface area contributed by atoms with Crippen molar-refractivity contribution in [3.8, 4) is 0 Å². The number of aliphatic hydroxyl groups is 2. The van der Waals surface area contributed by atoms with Crippen molar-refractivity contribution in [1.82, 2.24) is 0 Å². The summed E-state index contributed by atoms with van der Waals surface area (Å²) in [5.74, 6) is -1.62. The molecule has 16 nitrogen and oxygen atoms in total. The third kappa shape index (κ3) is 67.2. The molecule has 0 heterocycles. The van der Waals surface area contributed by atoms with Crippen LogP contribution in [0.25, 0.3) is 0 Å². The van der Waals surface area contributed by atoms with Gasteiger partial charge in [-0.1, -0.05) is 239 Å². The Kier molecular flexibility index (Phi) is 63.1. The summed E-state index contributed by atoms with van der Waals surface area (Å²) >= 11 is 0. The molecule has 0 aliphatic carbocycles. The minimum atomic E-state index is -4.93. The van der Waals surface area contributed by atoms with Crippen LogP contribution < -0.4 is 0 Å². The fourth-order valence-electron chi connectivity index (χ4n) is 8.88. The fraction of sp³-hybridized carbons (Fsp3) is 0.685. The van der Waals surface area contributed by atoms with Crippen LogP contribution in [-0.2, 0) is 55.8 Å². The predicted molar refractivity (Wildman–Crippen MR) is 371 cm³/mol. The Hall–Kier alpha value is -4.05. The first kappa shape index (κ1) is 87.0. The van der Waals surface area contributed by atoms with E-state index >= 15 is 0 Å². The molecule has 0 aliphatic heterocycles. The summed E-state index contributed by atoms with van der Waals surface area (Å²) in [5.41, 5.74) is 0. The Morgan fingerprint density at radius 2 is 0.582 bits per heavy atom. The molecule has 522 valence electrons. The van der Waals surface area contributed by atoms with Crippen LogP contribution in [0.4, 0.5) is 0 Å². The van der Waals surface area contributed by atoms with Crippen LogP contribution in [0.5, 0.6) is 0 Å². The lowest BCUT2D eigenvalue weighted by molar-refractivity contribution is -0.161. The molecule has 0 aromatic carbocycles. The zero-order valence-corrected chi connectivity index (χ0v) is 58.3. The van der Waals surface area contributed by atoms with E-state index in [-0.39, 0.29) is 19.3 Å². The van der Waals surface area contributed by atoms with E-state index in [2.05, 4.69) is 142 Å². The molecule has 0 saturated carbocycles. The standard InChI is InChI=1S/C73H124O16P2/c1-4-7-10-13-16-19-22-25-28-30-31-32-33-34-35-37-40-41-44-47-50-53-56-59-71(76)83-62-68(74)63-85-90(79,80)86-64-69(75)65-87-91(81,82)88-67-70(89-73(78)61-58-55-52-49-46-43-38-27-24-21-18-15-12-9-6-3)66-84-72(77)60-57-54-51-48-45-42-39-36-29-26-23-20-17-14-11-8-5-2/h7-8,10-11,16-17,19-20,25-29,31-32,34-35,38-39,42,68-70,74-75H,4-6,9,12-15,18,21-24,30,33,36-37,40-41,43-67H2,1-3H3,(H,79,80)(H,81,82)/b10-7-,11-8-,19-16-,20-17-,28-25-,29-26-,32-31-,35-34-,38-27-,42-39-. The van der Waals surface area contributed by atoms with E-state index in [4.69, 9.17) is 32.3 Å². The molecule has 0 aromatic rings. The number of unbranched alkanes of at least 4 members (excludes halogenated alkanes) is 22. The van der Waals surface area contributed by atoms with Gasteiger partial charge in [-0.2, -0.15) is 0 Å². The molecule has 0 bridgehead atoms. The highest BCUT2D eigenvalue weighted by atomic mass is 31.2. The first-order chi connectivity index (χ1) is 44.2. The smallest absolute Gasteiger partial charge is 0.463 e. The maximum atomic E-state index is 12.9. The topological polar surface area (TPSA) is 231 Å². The van der Waals surface area contributed by atoms with Gasteiger partial charge in [-0.15, -0.1) is 0 Å². The molecule has 0 amide bonds. The SMILES string of the molecule is CC/C=C\C/C=C\C/C=C\C/C=C\C/C=C\CCCCCCCCCC(=O)OCC(O)COP(=O)(O)OCC(O)COP(=O)(O)OCC(COC(=O)CCCCCC/C=C\C/C=C\C/C=C\C/C=C\CC)OC(=O)CCCCCCC/C=C\CCCCCCCC. The number of esters is 3. The minimum absolute atomic E-state index is 0.0867. The third-order valence-corrected chi connectivity index (χ3v) is 16.1. The molecular weight excluding hydrogens is 1190 g/mol. The van der Waals surface area contributed by atoms with Crippen molar-refractivity contribution < 1.29 is 75.8 Å². The number of phosphoric ester groups is 2. The highest BCUT2D eigenvalue weighted by Gasteiger charge is 2.29. The normalized spacial score (nSPS) is 14.9. The van der Waals surface area contributed by atoms with Crippen molar-refractivity contribution in [3.63, 3.8) is 0 Å². The van der Waals surface area contributed by atoms with Gasteiger partial charge in [-0.25, -0.2) is 9.13 Å². The molecule has 4 N–H and O–H groups in total. The van der Waals surface area contributed by atoms with Crippen molar-refractivity contribution in [2.45, 2.75) is 283 Å². The first-order valence-electron chi connectivity index (χ1n) is 34.8. The Balaban J connectivity index is 4.65. The van der Waals surface area contributed by atoms with Gasteiger partial charge in [0.25, 0.3) is 0 Å². The van der Waals surface area contributed by atoms with Crippen LogP contribution in [0.2, 0.25) is 0 Å². The Morgan fingerprint density at radius 1 is 0.319 bits per heavy atom. The van der Waals surface area contributed by atoms with Crippen LogP contribution in [0, 0.1) is 0 Å². The predicted octanol–water partition coefficient (Wildman–Crippen LogP) is 19.4. The largest absolute Gasteiger partial charge is 0.472 e. The van der Waals surface area contributed by atoms with Crippen molar-refractivity contribution in [3.05, 3.63) is 122 Å². The summed E-state index contributed by atoms with van der Waals surface area (Å²) in [6.45, 7) is 2.38. The van der Waals surface area contributed by atoms with E-state index < -0.39 is 91.5 Å². The van der Waals surface area contributed by atoms with Crippen LogP contribution in [0.1, 0.15) is 265 Å². The van der Waals surface area contributed by atoms with Gasteiger partial charge in [-0.3, -0.25) is 32.5 Å². The Morgan fingerprint density at radius 3 is 0.934 bits per heavy atom. The number of allylic oxidation sites excluding steroid dienone is 20. The van der Waals surface area contributed by atoms with Crippen LogP contribution in [0.3, 0.4) is 0 Å². The second-order valence-corrected chi connectivity index (χ2v) is 25.8. The molecule has 0 fully saturated rings. The fourth-order valence-corrected chi connectivity index (χ4v) is 10.5. The van der Waals surface area contributed by atoms with E-state index in [1.807, 2.05) is 0 Å². The third-order valence-electron chi connectivity index (χ3n) is 14.2. The van der Waals surface area contributed by atoms with Crippen LogP contribution >= 0.6 is 15.6 Å². The van der Waals surface area contributed by atoms with E-state index in [0.717, 1.165) is 167 Å². The molecular formula is C73H124O16P2. The van der Waals surface area contributed by atoms with Gasteiger partial charge in [0.2, 0.25) is 0 Å². The molecule has 5 atom stereocenters. The van der Waals surface area contributed by atoms with E-state index in [0.29, 0.717) is 19.3 Å². The lowest BCUT2D eigenvalue weighted by atomic mass is 10.1. The molecule has 0 aliphatic rings. The van der Waals surface area contributed by atoms with Crippen molar-refractivity contribution >= 4 is 33.6 Å². The zero-order chi connectivity index (χ0) is 66.7. The maximum Gasteiger partial charge on any atom is 0.472 e. The van der Waals surface area contributed by atoms with Gasteiger partial charge in [-0.05, 0) is 128 Å². The van der Waals surface area contributed by atoms with Crippen LogP contribution in [0.15, 0.2) is 122 Å². The maximum absolute atomic E-state index is 12.9. The van der Waals surface area contributed by atoms with E-state index in [1.165, 1.54) is 38.5 Å². The zero-order valence-electron chi connectivity index (χ0n) is 56.5. The number of phosphoric acid groups is 2. The average Bonchev–Trinajstić information content (AvgIpc) is 3.63. The second kappa shape index (κ2) is 66.0. The lowest BCUT2D eigenvalue weighted by Gasteiger charge is -2.21. The molecule has 0 saturated heterocycles. The van der Waals surface area contributed by atoms with E-state index in [1.54, 1.807) is 0 Å². The summed E-state index contributed by atoms with van der Waals surface area (Å²) in [6, 6.07) is 0. The van der Waals surface area contributed by atoms with Crippen molar-refractivity contribution in [2.24, 2.45) is 0 Å². The highest BCUT2D eigenvalue weighted by Crippen LogP contribution is 2.45. The van der Waals surface area contributed by atoms with Crippen LogP contribution in [-0.4, -0.2) is 95.9 Å². The number of carbonyl (C=O) groups is 3. The van der Waals surface area contributed by atoms with Crippen molar-refractivity contribution in [2.75, 3.05) is 39.6 Å². The number of hydrogen-bond acceptors (Lipinski definition) is 14. The number of aliphatic hydroxyl groups excluding tert-OH is 2. The summed E-state index contributed by atoms with van der Waals surface area (Å²) in [6.07, 6.45) is 75.3. The van der Waals surface area contributed by atoms with Gasteiger partial charge >= 0.3 is 33.6 Å². The molecule has 18 heteroatoms. The van der Waals surface area contributed by atoms with Gasteiger partial charge in [0.1, 0.15) is 25.4 Å². The highest BCUT2D eigenvalue weighted by molar-refractivity contribution is 7.47. The Bertz CT molecular complexity index is 2140. The van der Waals surface area contributed by atoms with E-state index in [9.17, 15) is 43.5 Å². The first-order valence-corrected chi connectivity index (χ1v) is 37.8. The summed E-state index contributed by atoms with van der Waals surface area (Å²) in [4.78, 5) is 58.4. The molecule has 5 unspecified atom stereocenters. The second-order valence-electron chi connectivity index (χ2n) is 22.9. The molecule has 0 radical (unpaired) electrons. The number of rotatable bonds is 65. The minimum Gasteiger partial charge on any atom is -0.463 e. The monoisotopic (exact) mass is 1320 g/mol. The van der Waals surface area contributed by atoms with Gasteiger partial charge in [0, 0.05) is 19.3 Å². The lowest BCUT2D eigenvalue weighted by Crippen LogP contribution is -2.30. The average molecular weight is 1320 g/mol. The number of carbonyl (C=O) groups excluding carboxylic acids is 3. The quantitative estimate of drug-likeness (QED) is 0.0146. The molecule has 0 spiro atoms. The Labute approximate surface area is 551 Å². The molecule has 0 aromatic heterocycles. The summed E-state index contributed by atoms with van der Waals surface area (Å²) in [5, 5.41) is 20.6. The molecule has 91 heavy (non-hydrogen) atoms. The summed E-state index contributed by atoms with van der Waals surface area (Å²) in [7, 11) is -9.79. The number of ether oxygens (including phenoxy) is 3. The summed E-state index contributed by atoms with van der Waals surface area (Å²) < 4.78 is 60.9. The van der Waals surface area contributed by atoms with Crippen molar-refractivity contribution in [1.29, 1.82) is 0 Å².